The van der Waals surface area contributed by atoms with E-state index in [4.69, 9.17) is 21.1 Å². The van der Waals surface area contributed by atoms with Crippen molar-refractivity contribution in [2.45, 2.75) is 13.0 Å². The molecule has 6 heteroatoms. The lowest BCUT2D eigenvalue weighted by Crippen LogP contribution is -2.20. The van der Waals surface area contributed by atoms with Gasteiger partial charge in [-0.15, -0.1) is 0 Å². The number of aromatic nitrogens is 1. The van der Waals surface area contributed by atoms with Gasteiger partial charge in [-0.05, 0) is 19.1 Å². The highest BCUT2D eigenvalue weighted by Crippen LogP contribution is 2.29. The lowest BCUT2D eigenvalue weighted by Gasteiger charge is -2.17. The van der Waals surface area contributed by atoms with E-state index in [9.17, 15) is 9.59 Å². The summed E-state index contributed by atoms with van der Waals surface area (Å²) in [5, 5.41) is 0.806. The molecule has 0 bridgehead atoms. The number of esters is 1. The van der Waals surface area contributed by atoms with Gasteiger partial charge in [0.25, 0.3) is 0 Å². The minimum absolute atomic E-state index is 0.164. The van der Waals surface area contributed by atoms with Gasteiger partial charge in [-0.25, -0.2) is 4.79 Å². The number of carbonyl (C=O) groups excluding carboxylic acids is 1. The third-order valence-corrected chi connectivity index (χ3v) is 3.46. The summed E-state index contributed by atoms with van der Waals surface area (Å²) in [4.78, 5) is 23.6. The first-order chi connectivity index (χ1) is 9.49. The van der Waals surface area contributed by atoms with Crippen molar-refractivity contribution in [2.75, 3.05) is 14.2 Å². The highest BCUT2D eigenvalue weighted by Gasteiger charge is 2.18. The Bertz CT molecular complexity index is 723. The molecule has 0 unspecified atom stereocenters. The molecule has 0 aliphatic heterocycles. The molecule has 1 aromatic heterocycles. The van der Waals surface area contributed by atoms with Crippen molar-refractivity contribution in [3.05, 3.63) is 39.6 Å². The van der Waals surface area contributed by atoms with E-state index in [-0.39, 0.29) is 5.43 Å². The Balaban J connectivity index is 2.75. The standard InChI is InChI=1S/C14H14ClNO4/c1-8(14(18)20-3)16-5-4-12(17)9-6-13(19-2)10(15)7-11(9)16/h4-8H,1-3H3/t8-/m0/s1. The van der Waals surface area contributed by atoms with Gasteiger partial charge < -0.3 is 14.0 Å². The van der Waals surface area contributed by atoms with Crippen molar-refractivity contribution in [1.82, 2.24) is 4.57 Å². The van der Waals surface area contributed by atoms with E-state index in [1.165, 1.54) is 20.3 Å². The van der Waals surface area contributed by atoms with Crippen LogP contribution in [0.1, 0.15) is 13.0 Å². The van der Waals surface area contributed by atoms with E-state index in [1.807, 2.05) is 0 Å². The van der Waals surface area contributed by atoms with Gasteiger partial charge in [0.15, 0.2) is 5.43 Å². The molecule has 0 radical (unpaired) electrons. The number of pyridine rings is 1. The maximum absolute atomic E-state index is 11.9. The zero-order valence-electron chi connectivity index (χ0n) is 11.3. The van der Waals surface area contributed by atoms with Crippen molar-refractivity contribution in [1.29, 1.82) is 0 Å². The minimum Gasteiger partial charge on any atom is -0.495 e. The van der Waals surface area contributed by atoms with Gasteiger partial charge in [0, 0.05) is 17.6 Å². The number of methoxy groups -OCH3 is 2. The largest absolute Gasteiger partial charge is 0.495 e. The number of carbonyl (C=O) groups is 1. The van der Waals surface area contributed by atoms with E-state index in [2.05, 4.69) is 0 Å². The molecule has 0 amide bonds. The predicted octanol–water partition coefficient (Wildman–Crippen LogP) is 2.40. The van der Waals surface area contributed by atoms with Gasteiger partial charge in [-0.3, -0.25) is 4.79 Å². The molecule has 0 saturated heterocycles. The summed E-state index contributed by atoms with van der Waals surface area (Å²) in [6.07, 6.45) is 1.55. The molecule has 106 valence electrons. The molecule has 0 saturated carbocycles. The quantitative estimate of drug-likeness (QED) is 0.816. The lowest BCUT2D eigenvalue weighted by molar-refractivity contribution is -0.143. The minimum atomic E-state index is -0.562. The van der Waals surface area contributed by atoms with Crippen LogP contribution in [0.15, 0.2) is 29.2 Å². The molecule has 0 fully saturated rings. The Hall–Kier alpha value is -2.01. The average molecular weight is 296 g/mol. The Morgan fingerprint density at radius 2 is 2.05 bits per heavy atom. The zero-order valence-corrected chi connectivity index (χ0v) is 12.1. The fourth-order valence-corrected chi connectivity index (χ4v) is 2.29. The number of hydrogen-bond acceptors (Lipinski definition) is 4. The molecule has 0 spiro atoms. The molecule has 1 aromatic carbocycles. The van der Waals surface area contributed by atoms with Crippen LogP contribution in [0, 0.1) is 0 Å². The Morgan fingerprint density at radius 1 is 1.35 bits per heavy atom. The molecular weight excluding hydrogens is 282 g/mol. The summed E-state index contributed by atoms with van der Waals surface area (Å²) in [6, 6.07) is 4.01. The topological polar surface area (TPSA) is 57.5 Å². The summed E-state index contributed by atoms with van der Waals surface area (Å²) >= 11 is 6.09. The van der Waals surface area contributed by atoms with Gasteiger partial charge in [-0.1, -0.05) is 11.6 Å². The Kier molecular flexibility index (Phi) is 3.99. The summed E-state index contributed by atoms with van der Waals surface area (Å²) in [6.45, 7) is 1.69. The van der Waals surface area contributed by atoms with Gasteiger partial charge in [0.1, 0.15) is 11.8 Å². The summed E-state index contributed by atoms with van der Waals surface area (Å²) in [5.74, 6) is 0.0154. The number of benzene rings is 1. The van der Waals surface area contributed by atoms with E-state index in [0.29, 0.717) is 21.7 Å². The molecule has 2 aromatic rings. The van der Waals surface area contributed by atoms with Crippen molar-refractivity contribution < 1.29 is 14.3 Å². The van der Waals surface area contributed by atoms with Crippen LogP contribution < -0.4 is 10.2 Å². The molecule has 20 heavy (non-hydrogen) atoms. The Labute approximate surface area is 120 Å². The predicted molar refractivity (Wildman–Crippen MR) is 76.5 cm³/mol. The highest BCUT2D eigenvalue weighted by molar-refractivity contribution is 6.32. The number of fused-ring (bicyclic) bond motifs is 1. The van der Waals surface area contributed by atoms with Crippen LogP contribution in [0.25, 0.3) is 10.9 Å². The van der Waals surface area contributed by atoms with E-state index in [1.54, 1.807) is 29.8 Å². The normalized spacial score (nSPS) is 12.2. The summed E-state index contributed by atoms with van der Waals surface area (Å²) < 4.78 is 11.5. The van der Waals surface area contributed by atoms with E-state index in [0.717, 1.165) is 0 Å². The Morgan fingerprint density at radius 3 is 2.65 bits per heavy atom. The first-order valence-corrected chi connectivity index (χ1v) is 6.33. The van der Waals surface area contributed by atoms with Crippen molar-refractivity contribution in [3.63, 3.8) is 0 Å². The summed E-state index contributed by atoms with van der Waals surface area (Å²) in [5.41, 5.74) is 0.393. The number of hydrogen-bond donors (Lipinski definition) is 0. The molecule has 2 rings (SSSR count). The number of ether oxygens (including phenoxy) is 2. The summed E-state index contributed by atoms with van der Waals surface area (Å²) in [7, 11) is 2.80. The molecule has 0 N–H and O–H groups in total. The number of halogens is 1. The average Bonchev–Trinajstić information content (AvgIpc) is 2.45. The maximum atomic E-state index is 11.9. The van der Waals surface area contributed by atoms with Gasteiger partial charge in [0.05, 0.1) is 24.8 Å². The SMILES string of the molecule is COC(=O)[C@H](C)n1ccc(=O)c2cc(OC)c(Cl)cc21. The van der Waals surface area contributed by atoms with Crippen LogP contribution in [0.2, 0.25) is 5.02 Å². The third-order valence-electron chi connectivity index (χ3n) is 3.16. The van der Waals surface area contributed by atoms with Gasteiger partial charge in [0.2, 0.25) is 0 Å². The van der Waals surface area contributed by atoms with Gasteiger partial charge >= 0.3 is 5.97 Å². The van der Waals surface area contributed by atoms with Crippen LogP contribution in [0.5, 0.6) is 5.75 Å². The highest BCUT2D eigenvalue weighted by atomic mass is 35.5. The third kappa shape index (κ3) is 2.36. The molecular formula is C14H14ClNO4. The number of nitrogens with zero attached hydrogens (tertiary/aromatic N) is 1. The fourth-order valence-electron chi connectivity index (χ4n) is 2.05. The van der Waals surface area contributed by atoms with Crippen LogP contribution in [0.4, 0.5) is 0 Å². The number of rotatable bonds is 3. The molecule has 0 aliphatic carbocycles. The molecule has 5 nitrogen and oxygen atoms in total. The maximum Gasteiger partial charge on any atom is 0.328 e. The van der Waals surface area contributed by atoms with Crippen molar-refractivity contribution in [2.24, 2.45) is 0 Å². The van der Waals surface area contributed by atoms with Crippen LogP contribution in [-0.4, -0.2) is 24.8 Å². The second-order valence-electron chi connectivity index (χ2n) is 4.29. The molecule has 1 heterocycles. The second kappa shape index (κ2) is 5.54. The van der Waals surface area contributed by atoms with Crippen molar-refractivity contribution >= 4 is 28.5 Å². The first-order valence-electron chi connectivity index (χ1n) is 5.95. The zero-order chi connectivity index (χ0) is 14.9. The van der Waals surface area contributed by atoms with Gasteiger partial charge in [-0.2, -0.15) is 0 Å². The van der Waals surface area contributed by atoms with Crippen molar-refractivity contribution in [3.8, 4) is 5.75 Å². The lowest BCUT2D eigenvalue weighted by atomic mass is 10.1. The second-order valence-corrected chi connectivity index (χ2v) is 4.70. The van der Waals surface area contributed by atoms with Crippen LogP contribution in [-0.2, 0) is 9.53 Å². The van der Waals surface area contributed by atoms with E-state index < -0.39 is 12.0 Å². The van der Waals surface area contributed by atoms with E-state index >= 15 is 0 Å². The monoisotopic (exact) mass is 295 g/mol. The first kappa shape index (κ1) is 14.4. The van der Waals surface area contributed by atoms with Crippen LogP contribution in [0.3, 0.4) is 0 Å². The smallest absolute Gasteiger partial charge is 0.328 e. The molecule has 1 atom stereocenters. The van der Waals surface area contributed by atoms with Crippen LogP contribution >= 0.6 is 11.6 Å². The molecule has 0 aliphatic rings. The fraction of sp³-hybridized carbons (Fsp3) is 0.286.